The highest BCUT2D eigenvalue weighted by molar-refractivity contribution is 7.10. The average Bonchev–Trinajstić information content (AvgIpc) is 2.87. The third-order valence-corrected chi connectivity index (χ3v) is 3.52. The molecule has 0 radical (unpaired) electrons. The van der Waals surface area contributed by atoms with Gasteiger partial charge in [0.2, 0.25) is 0 Å². The highest BCUT2D eigenvalue weighted by Gasteiger charge is 2.13. The fraction of sp³-hybridized carbons (Fsp3) is 0.500. The molecule has 80 valence electrons. The van der Waals surface area contributed by atoms with Gasteiger partial charge in [0.1, 0.15) is 6.61 Å². The van der Waals surface area contributed by atoms with Gasteiger partial charge in [0.25, 0.3) is 0 Å². The Kier molecular flexibility index (Phi) is 3.79. The standard InChI is InChI=1S/C12H15NOS/c14-8-3-4-11-5-9-15-12(11)10-13-6-1-2-7-13/h5,9,14H,1-2,6-8,10H2. The summed E-state index contributed by atoms with van der Waals surface area (Å²) in [5, 5.41) is 10.7. The molecule has 1 saturated heterocycles. The van der Waals surface area contributed by atoms with Crippen LogP contribution in [-0.4, -0.2) is 29.7 Å². The molecule has 2 nitrogen and oxygen atoms in total. The van der Waals surface area contributed by atoms with Crippen molar-refractivity contribution in [3.63, 3.8) is 0 Å². The smallest absolute Gasteiger partial charge is 0.104 e. The molecule has 0 atom stereocenters. The molecule has 0 unspecified atom stereocenters. The van der Waals surface area contributed by atoms with Crippen molar-refractivity contribution in [2.24, 2.45) is 0 Å². The van der Waals surface area contributed by atoms with E-state index in [0.717, 1.165) is 12.1 Å². The lowest BCUT2D eigenvalue weighted by Crippen LogP contribution is -2.18. The van der Waals surface area contributed by atoms with Crippen molar-refractivity contribution in [1.29, 1.82) is 0 Å². The predicted molar refractivity (Wildman–Crippen MR) is 62.8 cm³/mol. The maximum absolute atomic E-state index is 8.66. The van der Waals surface area contributed by atoms with E-state index in [1.54, 1.807) is 11.3 Å². The number of aliphatic hydroxyl groups is 1. The van der Waals surface area contributed by atoms with Crippen LogP contribution in [0, 0.1) is 11.8 Å². The molecule has 3 heteroatoms. The van der Waals surface area contributed by atoms with E-state index in [1.165, 1.54) is 30.8 Å². The van der Waals surface area contributed by atoms with E-state index >= 15 is 0 Å². The molecule has 15 heavy (non-hydrogen) atoms. The molecule has 0 spiro atoms. The van der Waals surface area contributed by atoms with Crippen molar-refractivity contribution in [2.45, 2.75) is 19.4 Å². The summed E-state index contributed by atoms with van der Waals surface area (Å²) < 4.78 is 0. The van der Waals surface area contributed by atoms with Crippen LogP contribution in [0.4, 0.5) is 0 Å². The molecule has 1 N–H and O–H groups in total. The number of hydrogen-bond acceptors (Lipinski definition) is 3. The third-order valence-electron chi connectivity index (χ3n) is 2.61. The van der Waals surface area contributed by atoms with Gasteiger partial charge in [-0.15, -0.1) is 11.3 Å². The summed E-state index contributed by atoms with van der Waals surface area (Å²) in [6.45, 7) is 3.39. The Hall–Kier alpha value is -0.820. The normalized spacial score (nSPS) is 16.3. The molecule has 1 aliphatic heterocycles. The summed E-state index contributed by atoms with van der Waals surface area (Å²) in [5.74, 6) is 5.71. The van der Waals surface area contributed by atoms with Crippen molar-refractivity contribution < 1.29 is 5.11 Å². The Morgan fingerprint density at radius 3 is 2.93 bits per heavy atom. The summed E-state index contributed by atoms with van der Waals surface area (Å²) in [6, 6.07) is 2.04. The Balaban J connectivity index is 2.03. The second-order valence-corrected chi connectivity index (χ2v) is 4.70. The molecule has 0 aliphatic carbocycles. The predicted octanol–water partition coefficient (Wildman–Crippen LogP) is 1.69. The largest absolute Gasteiger partial charge is 0.384 e. The highest BCUT2D eigenvalue weighted by Crippen LogP contribution is 2.20. The van der Waals surface area contributed by atoms with E-state index < -0.39 is 0 Å². The van der Waals surface area contributed by atoms with Gasteiger partial charge >= 0.3 is 0 Å². The lowest BCUT2D eigenvalue weighted by atomic mass is 10.2. The quantitative estimate of drug-likeness (QED) is 0.768. The maximum Gasteiger partial charge on any atom is 0.104 e. The zero-order valence-corrected chi connectivity index (χ0v) is 9.52. The number of aliphatic hydroxyl groups excluding tert-OH is 1. The summed E-state index contributed by atoms with van der Waals surface area (Å²) >= 11 is 1.76. The van der Waals surface area contributed by atoms with E-state index in [0.29, 0.717) is 0 Å². The highest BCUT2D eigenvalue weighted by atomic mass is 32.1. The van der Waals surface area contributed by atoms with Crippen LogP contribution in [0.15, 0.2) is 11.4 Å². The molecule has 0 bridgehead atoms. The number of rotatable bonds is 2. The molecular formula is C12H15NOS. The van der Waals surface area contributed by atoms with Gasteiger partial charge in [-0.2, -0.15) is 0 Å². The van der Waals surface area contributed by atoms with Gasteiger partial charge in [-0.3, -0.25) is 4.90 Å². The Bertz CT molecular complexity index is 368. The van der Waals surface area contributed by atoms with Gasteiger partial charge in [0.15, 0.2) is 0 Å². The molecule has 1 aromatic heterocycles. The zero-order chi connectivity index (χ0) is 10.5. The minimum atomic E-state index is -0.0565. The van der Waals surface area contributed by atoms with Crippen LogP contribution in [0.1, 0.15) is 23.3 Å². The number of thiophene rings is 1. The van der Waals surface area contributed by atoms with Crippen LogP contribution in [0.25, 0.3) is 0 Å². The Morgan fingerprint density at radius 2 is 2.20 bits per heavy atom. The lowest BCUT2D eigenvalue weighted by molar-refractivity contribution is 0.334. The molecule has 0 saturated carbocycles. The van der Waals surface area contributed by atoms with Crippen molar-refractivity contribution >= 4 is 11.3 Å². The molecular weight excluding hydrogens is 206 g/mol. The van der Waals surface area contributed by atoms with E-state index in [2.05, 4.69) is 22.1 Å². The first-order valence-corrected chi connectivity index (χ1v) is 6.16. The molecule has 0 aromatic carbocycles. The van der Waals surface area contributed by atoms with Gasteiger partial charge in [-0.25, -0.2) is 0 Å². The minimum Gasteiger partial charge on any atom is -0.384 e. The van der Waals surface area contributed by atoms with Gasteiger partial charge in [-0.05, 0) is 37.4 Å². The van der Waals surface area contributed by atoms with E-state index in [9.17, 15) is 0 Å². The monoisotopic (exact) mass is 221 g/mol. The van der Waals surface area contributed by atoms with E-state index in [1.807, 2.05) is 6.07 Å². The molecule has 1 fully saturated rings. The van der Waals surface area contributed by atoms with Crippen LogP contribution in [0.2, 0.25) is 0 Å². The molecule has 1 aliphatic rings. The van der Waals surface area contributed by atoms with Crippen LogP contribution in [0.5, 0.6) is 0 Å². The first kappa shape index (κ1) is 10.7. The number of likely N-dealkylation sites (tertiary alicyclic amines) is 1. The summed E-state index contributed by atoms with van der Waals surface area (Å²) in [5.41, 5.74) is 1.08. The Morgan fingerprint density at radius 1 is 1.40 bits per heavy atom. The molecule has 2 rings (SSSR count). The van der Waals surface area contributed by atoms with Crippen LogP contribution >= 0.6 is 11.3 Å². The van der Waals surface area contributed by atoms with E-state index in [4.69, 9.17) is 5.11 Å². The van der Waals surface area contributed by atoms with Gasteiger partial charge < -0.3 is 5.11 Å². The Labute approximate surface area is 94.5 Å². The fourth-order valence-electron chi connectivity index (χ4n) is 1.85. The molecule has 1 aromatic rings. The van der Waals surface area contributed by atoms with Gasteiger partial charge in [-0.1, -0.05) is 11.8 Å². The summed E-state index contributed by atoms with van der Waals surface area (Å²) in [6.07, 6.45) is 2.64. The van der Waals surface area contributed by atoms with Crippen LogP contribution < -0.4 is 0 Å². The SMILES string of the molecule is OCC#Cc1ccsc1CN1CCCC1. The van der Waals surface area contributed by atoms with Gasteiger partial charge in [0, 0.05) is 17.0 Å². The number of nitrogens with zero attached hydrogens (tertiary/aromatic N) is 1. The first-order chi connectivity index (χ1) is 7.40. The average molecular weight is 221 g/mol. The minimum absolute atomic E-state index is 0.0565. The van der Waals surface area contributed by atoms with Crippen LogP contribution in [-0.2, 0) is 6.54 Å². The van der Waals surface area contributed by atoms with Gasteiger partial charge in [0.05, 0.1) is 0 Å². The summed E-state index contributed by atoms with van der Waals surface area (Å²) in [4.78, 5) is 3.80. The fourth-order valence-corrected chi connectivity index (χ4v) is 2.72. The van der Waals surface area contributed by atoms with Crippen molar-refractivity contribution in [1.82, 2.24) is 4.90 Å². The molecule has 2 heterocycles. The van der Waals surface area contributed by atoms with Crippen molar-refractivity contribution in [3.8, 4) is 11.8 Å². The second kappa shape index (κ2) is 5.32. The summed E-state index contributed by atoms with van der Waals surface area (Å²) in [7, 11) is 0. The van der Waals surface area contributed by atoms with Crippen molar-refractivity contribution in [2.75, 3.05) is 19.7 Å². The third kappa shape index (κ3) is 2.82. The topological polar surface area (TPSA) is 23.5 Å². The lowest BCUT2D eigenvalue weighted by Gasteiger charge is -2.13. The number of hydrogen-bond donors (Lipinski definition) is 1. The van der Waals surface area contributed by atoms with Crippen LogP contribution in [0.3, 0.4) is 0 Å². The maximum atomic E-state index is 8.66. The second-order valence-electron chi connectivity index (χ2n) is 3.70. The molecule has 0 amide bonds. The van der Waals surface area contributed by atoms with E-state index in [-0.39, 0.29) is 6.61 Å². The zero-order valence-electron chi connectivity index (χ0n) is 8.70. The first-order valence-electron chi connectivity index (χ1n) is 5.28. The van der Waals surface area contributed by atoms with Crippen molar-refractivity contribution in [3.05, 3.63) is 21.9 Å².